The van der Waals surface area contributed by atoms with Gasteiger partial charge in [0, 0.05) is 0 Å². The van der Waals surface area contributed by atoms with Crippen molar-refractivity contribution in [2.24, 2.45) is 0 Å². The second-order valence-corrected chi connectivity index (χ2v) is 5.10. The second-order valence-electron chi connectivity index (χ2n) is 3.83. The SMILES string of the molecule is COc1ccc(OCc2ccc(F)c(Cl)c2)c(Br)c1. The zero-order chi connectivity index (χ0) is 13.8. The molecule has 0 aromatic heterocycles. The molecule has 0 aliphatic carbocycles. The minimum absolute atomic E-state index is 0.0925. The molecule has 0 N–H and O–H groups in total. The summed E-state index contributed by atoms with van der Waals surface area (Å²) in [7, 11) is 1.60. The summed E-state index contributed by atoms with van der Waals surface area (Å²) in [6, 6.07) is 9.93. The molecule has 0 fully saturated rings. The number of hydrogen-bond donors (Lipinski definition) is 0. The Hall–Kier alpha value is -1.26. The Bertz CT molecular complexity index is 590. The maximum Gasteiger partial charge on any atom is 0.141 e. The van der Waals surface area contributed by atoms with Gasteiger partial charge < -0.3 is 9.47 Å². The summed E-state index contributed by atoms with van der Waals surface area (Å²) in [6.07, 6.45) is 0. The Kier molecular flexibility index (Phi) is 4.66. The first-order valence-corrected chi connectivity index (χ1v) is 6.67. The van der Waals surface area contributed by atoms with Crippen LogP contribution in [0.15, 0.2) is 40.9 Å². The first-order valence-electron chi connectivity index (χ1n) is 5.50. The Morgan fingerprint density at radius 1 is 1.21 bits per heavy atom. The molecule has 0 aliphatic heterocycles. The van der Waals surface area contributed by atoms with E-state index in [-0.39, 0.29) is 5.02 Å². The monoisotopic (exact) mass is 344 g/mol. The lowest BCUT2D eigenvalue weighted by Gasteiger charge is -2.10. The Morgan fingerprint density at radius 2 is 2.00 bits per heavy atom. The zero-order valence-corrected chi connectivity index (χ0v) is 12.5. The third-order valence-electron chi connectivity index (χ3n) is 2.52. The van der Waals surface area contributed by atoms with Crippen molar-refractivity contribution in [1.29, 1.82) is 0 Å². The third-order valence-corrected chi connectivity index (χ3v) is 3.43. The van der Waals surface area contributed by atoms with E-state index >= 15 is 0 Å². The molecular formula is C14H11BrClFO2. The number of halogens is 3. The molecule has 0 unspecified atom stereocenters. The van der Waals surface area contributed by atoms with Crippen LogP contribution >= 0.6 is 27.5 Å². The van der Waals surface area contributed by atoms with Crippen molar-refractivity contribution < 1.29 is 13.9 Å². The molecule has 2 rings (SSSR count). The van der Waals surface area contributed by atoms with Crippen LogP contribution in [0.5, 0.6) is 11.5 Å². The van der Waals surface area contributed by atoms with Crippen LogP contribution in [0.2, 0.25) is 5.02 Å². The van der Waals surface area contributed by atoms with E-state index < -0.39 is 5.82 Å². The number of ether oxygens (including phenoxy) is 2. The molecule has 0 radical (unpaired) electrons. The number of benzene rings is 2. The summed E-state index contributed by atoms with van der Waals surface area (Å²) >= 11 is 9.11. The van der Waals surface area contributed by atoms with Gasteiger partial charge in [-0.05, 0) is 51.8 Å². The van der Waals surface area contributed by atoms with Crippen molar-refractivity contribution in [2.75, 3.05) is 7.11 Å². The Morgan fingerprint density at radius 3 is 2.63 bits per heavy atom. The van der Waals surface area contributed by atoms with Crippen LogP contribution in [-0.2, 0) is 6.61 Å². The molecule has 0 amide bonds. The zero-order valence-electron chi connectivity index (χ0n) is 10.1. The van der Waals surface area contributed by atoms with E-state index in [4.69, 9.17) is 21.1 Å². The smallest absolute Gasteiger partial charge is 0.141 e. The predicted molar refractivity (Wildman–Crippen MR) is 76.4 cm³/mol. The molecule has 0 atom stereocenters. The highest BCUT2D eigenvalue weighted by Gasteiger charge is 2.05. The van der Waals surface area contributed by atoms with Crippen molar-refractivity contribution in [2.45, 2.75) is 6.61 Å². The van der Waals surface area contributed by atoms with Crippen LogP contribution in [0.3, 0.4) is 0 Å². The number of methoxy groups -OCH3 is 1. The standard InChI is InChI=1S/C14H11BrClFO2/c1-18-10-3-5-14(11(15)7-10)19-8-9-2-4-13(17)12(16)6-9/h2-7H,8H2,1H3. The van der Waals surface area contributed by atoms with Gasteiger partial charge in [-0.25, -0.2) is 4.39 Å². The average Bonchev–Trinajstić information content (AvgIpc) is 2.41. The van der Waals surface area contributed by atoms with E-state index in [1.807, 2.05) is 6.07 Å². The highest BCUT2D eigenvalue weighted by atomic mass is 79.9. The fourth-order valence-corrected chi connectivity index (χ4v) is 2.19. The summed E-state index contributed by atoms with van der Waals surface area (Å²) in [5.74, 6) is 0.987. The normalized spacial score (nSPS) is 10.3. The van der Waals surface area contributed by atoms with Gasteiger partial charge in [0.1, 0.15) is 23.9 Å². The molecule has 2 aromatic carbocycles. The van der Waals surface area contributed by atoms with Gasteiger partial charge in [0.15, 0.2) is 0 Å². The first kappa shape index (κ1) is 14.2. The minimum atomic E-state index is -0.434. The van der Waals surface area contributed by atoms with E-state index in [2.05, 4.69) is 15.9 Å². The summed E-state index contributed by atoms with van der Waals surface area (Å²) in [5, 5.41) is 0.0925. The van der Waals surface area contributed by atoms with Crippen LogP contribution < -0.4 is 9.47 Å². The maximum atomic E-state index is 13.0. The van der Waals surface area contributed by atoms with Gasteiger partial charge in [-0.1, -0.05) is 17.7 Å². The summed E-state index contributed by atoms with van der Waals surface area (Å²) in [6.45, 7) is 0.310. The molecule has 2 aromatic rings. The van der Waals surface area contributed by atoms with Gasteiger partial charge in [-0.2, -0.15) is 0 Å². The first-order chi connectivity index (χ1) is 9.10. The fraction of sp³-hybridized carbons (Fsp3) is 0.143. The van der Waals surface area contributed by atoms with Gasteiger partial charge in [0.2, 0.25) is 0 Å². The second kappa shape index (κ2) is 6.26. The van der Waals surface area contributed by atoms with E-state index in [1.54, 1.807) is 31.4 Å². The van der Waals surface area contributed by atoms with Crippen molar-refractivity contribution in [3.05, 3.63) is 57.3 Å². The molecule has 0 saturated heterocycles. The van der Waals surface area contributed by atoms with Crippen molar-refractivity contribution in [1.82, 2.24) is 0 Å². The van der Waals surface area contributed by atoms with Crippen molar-refractivity contribution in [3.63, 3.8) is 0 Å². The molecule has 0 heterocycles. The summed E-state index contributed by atoms with van der Waals surface area (Å²) < 4.78 is 24.5. The summed E-state index contributed by atoms with van der Waals surface area (Å²) in [4.78, 5) is 0. The van der Waals surface area contributed by atoms with E-state index in [9.17, 15) is 4.39 Å². The number of rotatable bonds is 4. The van der Waals surface area contributed by atoms with E-state index in [0.29, 0.717) is 12.4 Å². The molecule has 19 heavy (non-hydrogen) atoms. The molecule has 5 heteroatoms. The summed E-state index contributed by atoms with van der Waals surface area (Å²) in [5.41, 5.74) is 0.800. The van der Waals surface area contributed by atoms with Crippen molar-refractivity contribution >= 4 is 27.5 Å². The highest BCUT2D eigenvalue weighted by molar-refractivity contribution is 9.10. The lowest BCUT2D eigenvalue weighted by Crippen LogP contribution is -1.97. The van der Waals surface area contributed by atoms with E-state index in [0.717, 1.165) is 15.8 Å². The Balaban J connectivity index is 2.07. The fourth-order valence-electron chi connectivity index (χ4n) is 1.52. The number of hydrogen-bond acceptors (Lipinski definition) is 2. The van der Waals surface area contributed by atoms with Crippen LogP contribution in [0.25, 0.3) is 0 Å². The van der Waals surface area contributed by atoms with Gasteiger partial charge in [0.05, 0.1) is 16.6 Å². The maximum absolute atomic E-state index is 13.0. The lowest BCUT2D eigenvalue weighted by atomic mass is 10.2. The largest absolute Gasteiger partial charge is 0.497 e. The van der Waals surface area contributed by atoms with Crippen LogP contribution in [0, 0.1) is 5.82 Å². The van der Waals surface area contributed by atoms with Crippen LogP contribution in [0.4, 0.5) is 4.39 Å². The van der Waals surface area contributed by atoms with Gasteiger partial charge >= 0.3 is 0 Å². The van der Waals surface area contributed by atoms with Crippen LogP contribution in [0.1, 0.15) is 5.56 Å². The molecule has 0 spiro atoms. The third kappa shape index (κ3) is 3.61. The molecular weight excluding hydrogens is 335 g/mol. The van der Waals surface area contributed by atoms with Crippen LogP contribution in [-0.4, -0.2) is 7.11 Å². The quantitative estimate of drug-likeness (QED) is 0.790. The average molecular weight is 346 g/mol. The lowest BCUT2D eigenvalue weighted by molar-refractivity contribution is 0.303. The minimum Gasteiger partial charge on any atom is -0.497 e. The molecule has 2 nitrogen and oxygen atoms in total. The molecule has 0 bridgehead atoms. The van der Waals surface area contributed by atoms with Gasteiger partial charge in [0.25, 0.3) is 0 Å². The molecule has 0 aliphatic rings. The van der Waals surface area contributed by atoms with E-state index in [1.165, 1.54) is 6.07 Å². The van der Waals surface area contributed by atoms with Crippen molar-refractivity contribution in [3.8, 4) is 11.5 Å². The topological polar surface area (TPSA) is 18.5 Å². The van der Waals surface area contributed by atoms with Gasteiger partial charge in [-0.3, -0.25) is 0 Å². The molecule has 100 valence electrons. The predicted octanol–water partition coefficient (Wildman–Crippen LogP) is 4.83. The highest BCUT2D eigenvalue weighted by Crippen LogP contribution is 2.30. The Labute approximate surface area is 124 Å². The van der Waals surface area contributed by atoms with Gasteiger partial charge in [-0.15, -0.1) is 0 Å². The molecule has 0 saturated carbocycles.